The van der Waals surface area contributed by atoms with Crippen molar-refractivity contribution in [3.05, 3.63) is 84.7 Å². The monoisotopic (exact) mass is 406 g/mol. The number of benzene rings is 3. The highest BCUT2D eigenvalue weighted by Gasteiger charge is 2.09. The summed E-state index contributed by atoms with van der Waals surface area (Å²) in [7, 11) is -3.34. The Bertz CT molecular complexity index is 1280. The van der Waals surface area contributed by atoms with Crippen molar-refractivity contribution in [1.82, 2.24) is 9.55 Å². The molecule has 0 saturated heterocycles. The third kappa shape index (κ3) is 4.27. The fourth-order valence-corrected chi connectivity index (χ4v) is 3.54. The topological polar surface area (TPSA) is 93.1 Å². The number of hydrogen-bond acceptors (Lipinski definition) is 4. The summed E-state index contributed by atoms with van der Waals surface area (Å²) in [5.74, 6) is -0.254. The average Bonchev–Trinajstić information content (AvgIpc) is 3.13. The Balaban J connectivity index is 1.48. The van der Waals surface area contributed by atoms with E-state index in [1.165, 1.54) is 0 Å². The van der Waals surface area contributed by atoms with Crippen molar-refractivity contribution in [3.63, 3.8) is 0 Å². The maximum Gasteiger partial charge on any atom is 0.255 e. The predicted octanol–water partition coefficient (Wildman–Crippen LogP) is 3.65. The van der Waals surface area contributed by atoms with Crippen molar-refractivity contribution in [1.29, 1.82) is 0 Å². The highest BCUT2D eigenvalue weighted by Crippen LogP contribution is 2.19. The maximum atomic E-state index is 12.5. The van der Waals surface area contributed by atoms with Gasteiger partial charge >= 0.3 is 0 Å². The number of amides is 1. The van der Waals surface area contributed by atoms with Crippen LogP contribution in [-0.4, -0.2) is 30.1 Å². The fourth-order valence-electron chi connectivity index (χ4n) is 2.98. The van der Waals surface area contributed by atoms with Gasteiger partial charge < -0.3 is 5.32 Å². The lowest BCUT2D eigenvalue weighted by Gasteiger charge is -2.09. The maximum absolute atomic E-state index is 12.5. The first-order chi connectivity index (χ1) is 13.9. The van der Waals surface area contributed by atoms with Crippen LogP contribution in [0, 0.1) is 0 Å². The lowest BCUT2D eigenvalue weighted by Crippen LogP contribution is -2.12. The largest absolute Gasteiger partial charge is 0.322 e. The van der Waals surface area contributed by atoms with E-state index in [0.717, 1.165) is 23.0 Å². The molecule has 2 N–H and O–H groups in total. The highest BCUT2D eigenvalue weighted by molar-refractivity contribution is 7.92. The van der Waals surface area contributed by atoms with E-state index < -0.39 is 10.0 Å². The van der Waals surface area contributed by atoms with Gasteiger partial charge in [-0.05, 0) is 60.7 Å². The van der Waals surface area contributed by atoms with Crippen molar-refractivity contribution in [3.8, 4) is 5.69 Å². The minimum atomic E-state index is -3.34. The number of sulfonamides is 1. The average molecular weight is 406 g/mol. The standard InChI is InChI=1S/C21H18N4O3S/c1-29(27,28)24-17-10-8-16(9-11-17)23-21(26)15-6-12-18(13-7-15)25-14-22-19-4-2-3-5-20(19)25/h2-14,24H,1H3,(H,23,26). The van der Waals surface area contributed by atoms with Gasteiger partial charge in [-0.1, -0.05) is 12.1 Å². The van der Waals surface area contributed by atoms with Gasteiger partial charge in [-0.3, -0.25) is 14.1 Å². The van der Waals surface area contributed by atoms with Crippen molar-refractivity contribution in [2.75, 3.05) is 16.3 Å². The summed E-state index contributed by atoms with van der Waals surface area (Å²) in [6, 6.07) is 21.5. The van der Waals surface area contributed by atoms with E-state index in [0.29, 0.717) is 16.9 Å². The molecule has 29 heavy (non-hydrogen) atoms. The molecule has 146 valence electrons. The molecule has 7 nitrogen and oxygen atoms in total. The first-order valence-electron chi connectivity index (χ1n) is 8.81. The lowest BCUT2D eigenvalue weighted by molar-refractivity contribution is 0.102. The summed E-state index contributed by atoms with van der Waals surface area (Å²) >= 11 is 0. The number of fused-ring (bicyclic) bond motifs is 1. The van der Waals surface area contributed by atoms with E-state index in [1.54, 1.807) is 42.7 Å². The van der Waals surface area contributed by atoms with Crippen molar-refractivity contribution >= 4 is 38.3 Å². The number of imidazole rings is 1. The van der Waals surface area contributed by atoms with Gasteiger partial charge in [0.15, 0.2) is 0 Å². The Morgan fingerprint density at radius 2 is 1.55 bits per heavy atom. The molecule has 0 fully saturated rings. The van der Waals surface area contributed by atoms with Gasteiger partial charge in [0.2, 0.25) is 10.0 Å². The normalized spacial score (nSPS) is 11.3. The zero-order chi connectivity index (χ0) is 20.4. The Morgan fingerprint density at radius 1 is 0.897 bits per heavy atom. The quantitative estimate of drug-likeness (QED) is 0.529. The van der Waals surface area contributed by atoms with Crippen LogP contribution in [-0.2, 0) is 10.0 Å². The molecular formula is C21H18N4O3S. The van der Waals surface area contributed by atoms with Gasteiger partial charge in [0.1, 0.15) is 6.33 Å². The second-order valence-electron chi connectivity index (χ2n) is 6.56. The smallest absolute Gasteiger partial charge is 0.255 e. The minimum Gasteiger partial charge on any atom is -0.322 e. The molecule has 3 aromatic carbocycles. The number of carbonyl (C=O) groups excluding carboxylic acids is 1. The summed E-state index contributed by atoms with van der Waals surface area (Å²) in [6.45, 7) is 0. The van der Waals surface area contributed by atoms with Crippen LogP contribution in [0.3, 0.4) is 0 Å². The molecule has 1 aromatic heterocycles. The molecule has 0 saturated carbocycles. The molecule has 1 heterocycles. The summed E-state index contributed by atoms with van der Waals surface area (Å²) in [5.41, 5.74) is 4.32. The summed E-state index contributed by atoms with van der Waals surface area (Å²) in [5, 5.41) is 2.80. The van der Waals surface area contributed by atoms with Crippen LogP contribution in [0.1, 0.15) is 10.4 Å². The van der Waals surface area contributed by atoms with Gasteiger partial charge in [-0.25, -0.2) is 13.4 Å². The first kappa shape index (κ1) is 18.7. The number of carbonyl (C=O) groups is 1. The third-order valence-corrected chi connectivity index (χ3v) is 4.91. The van der Waals surface area contributed by atoms with Gasteiger partial charge in [0, 0.05) is 22.6 Å². The Labute approximate surface area is 168 Å². The van der Waals surface area contributed by atoms with Gasteiger partial charge in [0.05, 0.1) is 17.3 Å². The highest BCUT2D eigenvalue weighted by atomic mass is 32.2. The summed E-state index contributed by atoms with van der Waals surface area (Å²) in [4.78, 5) is 16.9. The van der Waals surface area contributed by atoms with E-state index in [2.05, 4.69) is 15.0 Å². The number of aromatic nitrogens is 2. The summed E-state index contributed by atoms with van der Waals surface area (Å²) in [6.07, 6.45) is 2.84. The number of para-hydroxylation sites is 2. The van der Waals surface area contributed by atoms with Crippen LogP contribution in [0.5, 0.6) is 0 Å². The van der Waals surface area contributed by atoms with Crippen LogP contribution in [0.4, 0.5) is 11.4 Å². The number of hydrogen-bond donors (Lipinski definition) is 2. The Kier molecular flexibility index (Phi) is 4.77. The number of anilines is 2. The fraction of sp³-hybridized carbons (Fsp3) is 0.0476. The molecule has 0 spiro atoms. The molecule has 1 amide bonds. The number of nitrogens with one attached hydrogen (secondary N) is 2. The van der Waals surface area contributed by atoms with Gasteiger partial charge in [-0.15, -0.1) is 0 Å². The molecule has 0 bridgehead atoms. The zero-order valence-corrected chi connectivity index (χ0v) is 16.3. The van der Waals surface area contributed by atoms with Crippen LogP contribution in [0.25, 0.3) is 16.7 Å². The predicted molar refractivity (Wildman–Crippen MR) is 114 cm³/mol. The second kappa shape index (κ2) is 7.40. The van der Waals surface area contributed by atoms with Crippen molar-refractivity contribution in [2.24, 2.45) is 0 Å². The van der Waals surface area contributed by atoms with E-state index in [4.69, 9.17) is 0 Å². The lowest BCUT2D eigenvalue weighted by atomic mass is 10.2. The van der Waals surface area contributed by atoms with Crippen LogP contribution in [0.2, 0.25) is 0 Å². The number of rotatable bonds is 5. The Morgan fingerprint density at radius 3 is 2.24 bits per heavy atom. The van der Waals surface area contributed by atoms with Crippen molar-refractivity contribution < 1.29 is 13.2 Å². The van der Waals surface area contributed by atoms with Gasteiger partial charge in [0.25, 0.3) is 5.91 Å². The van der Waals surface area contributed by atoms with Crippen LogP contribution < -0.4 is 10.0 Å². The van der Waals surface area contributed by atoms with E-state index in [1.807, 2.05) is 41.0 Å². The number of nitrogens with zero attached hydrogens (tertiary/aromatic N) is 2. The molecule has 0 atom stereocenters. The van der Waals surface area contributed by atoms with E-state index in [-0.39, 0.29) is 5.91 Å². The second-order valence-corrected chi connectivity index (χ2v) is 8.30. The van der Waals surface area contributed by atoms with E-state index >= 15 is 0 Å². The minimum absolute atomic E-state index is 0.254. The van der Waals surface area contributed by atoms with Gasteiger partial charge in [-0.2, -0.15) is 0 Å². The Hall–Kier alpha value is -3.65. The molecule has 4 aromatic rings. The summed E-state index contributed by atoms with van der Waals surface area (Å²) < 4.78 is 26.8. The molecular weight excluding hydrogens is 388 g/mol. The molecule has 0 radical (unpaired) electrons. The SMILES string of the molecule is CS(=O)(=O)Nc1ccc(NC(=O)c2ccc(-n3cnc4ccccc43)cc2)cc1. The molecule has 4 rings (SSSR count). The third-order valence-electron chi connectivity index (χ3n) is 4.31. The van der Waals surface area contributed by atoms with Crippen molar-refractivity contribution in [2.45, 2.75) is 0 Å². The molecule has 0 aliphatic heterocycles. The molecule has 0 aliphatic carbocycles. The molecule has 8 heteroatoms. The first-order valence-corrected chi connectivity index (χ1v) is 10.7. The molecule has 0 unspecified atom stereocenters. The van der Waals surface area contributed by atoms with E-state index in [9.17, 15) is 13.2 Å². The molecule has 0 aliphatic rings. The van der Waals surface area contributed by atoms with Crippen LogP contribution >= 0.6 is 0 Å². The van der Waals surface area contributed by atoms with Crippen LogP contribution in [0.15, 0.2) is 79.1 Å². The zero-order valence-electron chi connectivity index (χ0n) is 15.5.